The van der Waals surface area contributed by atoms with Crippen LogP contribution in [0.25, 0.3) is 16.8 Å². The Hall–Kier alpha value is -3.83. The highest BCUT2D eigenvalue weighted by atomic mass is 127. The Morgan fingerprint density at radius 2 is 1.81 bits per heavy atom. The second-order valence-electron chi connectivity index (χ2n) is 8.78. The van der Waals surface area contributed by atoms with Gasteiger partial charge in [-0.2, -0.15) is 5.26 Å². The summed E-state index contributed by atoms with van der Waals surface area (Å²) in [6.07, 6.45) is 1.56. The number of methoxy groups -OCH3 is 1. The van der Waals surface area contributed by atoms with Gasteiger partial charge in [-0.3, -0.25) is 4.79 Å². The largest absolute Gasteiger partial charge is 0.493 e. The molecule has 1 amide bonds. The van der Waals surface area contributed by atoms with Crippen LogP contribution in [0.15, 0.2) is 72.3 Å². The molecule has 0 unspecified atom stereocenters. The molecule has 0 radical (unpaired) electrons. The van der Waals surface area contributed by atoms with E-state index in [0.29, 0.717) is 29.4 Å². The number of hydrogen-bond donors (Lipinski definition) is 1. The predicted molar refractivity (Wildman–Crippen MR) is 157 cm³/mol. The van der Waals surface area contributed by atoms with Gasteiger partial charge in [-0.1, -0.05) is 48.5 Å². The summed E-state index contributed by atoms with van der Waals surface area (Å²) in [6, 6.07) is 23.8. The Bertz CT molecular complexity index is 1570. The Morgan fingerprint density at radius 1 is 1.03 bits per heavy atom. The molecule has 0 atom stereocenters. The first kappa shape index (κ1) is 26.2. The normalized spacial score (nSPS) is 11.2. The number of carbonyl (C=O) groups is 1. The summed E-state index contributed by atoms with van der Waals surface area (Å²) in [7, 11) is 1.58. The maximum atomic E-state index is 12.9. The Balaban J connectivity index is 1.60. The minimum absolute atomic E-state index is 0.00110. The van der Waals surface area contributed by atoms with E-state index in [1.165, 1.54) is 0 Å². The first-order valence-electron chi connectivity index (χ1n) is 11.8. The second kappa shape index (κ2) is 11.5. The van der Waals surface area contributed by atoms with Crippen molar-refractivity contribution in [2.24, 2.45) is 0 Å². The molecule has 5 nitrogen and oxygen atoms in total. The molecule has 4 rings (SSSR count). The van der Waals surface area contributed by atoms with Crippen molar-refractivity contribution in [3.8, 4) is 17.6 Å². The van der Waals surface area contributed by atoms with E-state index in [0.717, 1.165) is 36.6 Å². The van der Waals surface area contributed by atoms with Crippen LogP contribution in [0.2, 0.25) is 0 Å². The highest BCUT2D eigenvalue weighted by Gasteiger charge is 2.16. The summed E-state index contributed by atoms with van der Waals surface area (Å²) in [5.41, 5.74) is 5.66. The van der Waals surface area contributed by atoms with Crippen molar-refractivity contribution in [3.63, 3.8) is 0 Å². The van der Waals surface area contributed by atoms with E-state index in [2.05, 4.69) is 59.1 Å². The molecule has 0 aromatic heterocycles. The van der Waals surface area contributed by atoms with Crippen LogP contribution in [-0.4, -0.2) is 13.0 Å². The number of rotatable bonds is 7. The molecule has 37 heavy (non-hydrogen) atoms. The maximum absolute atomic E-state index is 12.9. The van der Waals surface area contributed by atoms with Crippen molar-refractivity contribution in [2.75, 3.05) is 12.4 Å². The van der Waals surface area contributed by atoms with Gasteiger partial charge in [0.1, 0.15) is 18.2 Å². The van der Waals surface area contributed by atoms with E-state index < -0.39 is 5.91 Å². The zero-order valence-corrected chi connectivity index (χ0v) is 23.3. The van der Waals surface area contributed by atoms with Crippen LogP contribution in [-0.2, 0) is 11.4 Å². The highest BCUT2D eigenvalue weighted by molar-refractivity contribution is 14.1. The number of halogens is 1. The molecule has 0 aliphatic heterocycles. The van der Waals surface area contributed by atoms with Crippen LogP contribution in [0.5, 0.6) is 11.5 Å². The zero-order chi connectivity index (χ0) is 26.5. The van der Waals surface area contributed by atoms with E-state index in [1.807, 2.05) is 56.3 Å². The zero-order valence-electron chi connectivity index (χ0n) is 21.2. The van der Waals surface area contributed by atoms with Crippen LogP contribution < -0.4 is 14.8 Å². The minimum Gasteiger partial charge on any atom is -0.493 e. The molecule has 1 N–H and O–H groups in total. The van der Waals surface area contributed by atoms with E-state index in [-0.39, 0.29) is 5.57 Å². The van der Waals surface area contributed by atoms with Crippen LogP contribution in [0.1, 0.15) is 27.8 Å². The molecule has 4 aromatic rings. The fraction of sp³-hybridized carbons (Fsp3) is 0.161. The van der Waals surface area contributed by atoms with E-state index >= 15 is 0 Å². The number of ether oxygens (including phenoxy) is 2. The first-order valence-corrected chi connectivity index (χ1v) is 12.9. The Morgan fingerprint density at radius 3 is 2.57 bits per heavy atom. The fourth-order valence-corrected chi connectivity index (χ4v) is 4.92. The van der Waals surface area contributed by atoms with Gasteiger partial charge >= 0.3 is 0 Å². The average Bonchev–Trinajstić information content (AvgIpc) is 2.89. The lowest BCUT2D eigenvalue weighted by atomic mass is 10.0. The molecule has 0 saturated carbocycles. The third-order valence-electron chi connectivity index (χ3n) is 6.42. The fourth-order valence-electron chi connectivity index (χ4n) is 4.14. The van der Waals surface area contributed by atoms with Crippen molar-refractivity contribution < 1.29 is 14.3 Å². The maximum Gasteiger partial charge on any atom is 0.266 e. The number of nitriles is 1. The van der Waals surface area contributed by atoms with Crippen molar-refractivity contribution in [1.82, 2.24) is 0 Å². The van der Waals surface area contributed by atoms with E-state index in [9.17, 15) is 10.1 Å². The molecule has 0 saturated heterocycles. The number of anilines is 1. The number of nitrogens with zero attached hydrogens (tertiary/aromatic N) is 1. The molecule has 0 aliphatic carbocycles. The lowest BCUT2D eigenvalue weighted by Gasteiger charge is -2.16. The third kappa shape index (κ3) is 5.78. The molecule has 0 fully saturated rings. The average molecular weight is 602 g/mol. The summed E-state index contributed by atoms with van der Waals surface area (Å²) in [4.78, 5) is 12.9. The van der Waals surface area contributed by atoms with Gasteiger partial charge < -0.3 is 14.8 Å². The van der Waals surface area contributed by atoms with Gasteiger partial charge in [-0.15, -0.1) is 0 Å². The van der Waals surface area contributed by atoms with Gasteiger partial charge in [-0.25, -0.2) is 0 Å². The number of amides is 1. The van der Waals surface area contributed by atoms with Crippen LogP contribution in [0, 0.1) is 35.7 Å². The first-order chi connectivity index (χ1) is 17.8. The van der Waals surface area contributed by atoms with Gasteiger partial charge in [-0.05, 0) is 101 Å². The number of hydrogen-bond acceptors (Lipinski definition) is 4. The van der Waals surface area contributed by atoms with Gasteiger partial charge in [0.15, 0.2) is 11.5 Å². The summed E-state index contributed by atoms with van der Waals surface area (Å²) < 4.78 is 12.7. The summed E-state index contributed by atoms with van der Waals surface area (Å²) >= 11 is 2.19. The lowest BCUT2D eigenvalue weighted by Crippen LogP contribution is -2.14. The number of aryl methyl sites for hydroxylation is 2. The Labute approximate surface area is 230 Å². The number of benzene rings is 4. The molecular formula is C31H27IN2O3. The van der Waals surface area contributed by atoms with Crippen LogP contribution >= 0.6 is 22.6 Å². The minimum atomic E-state index is -0.461. The van der Waals surface area contributed by atoms with Gasteiger partial charge in [0.05, 0.1) is 10.7 Å². The molecule has 0 heterocycles. The molecular weight excluding hydrogens is 575 g/mol. The number of nitrogens with one attached hydrogen (secondary N) is 1. The van der Waals surface area contributed by atoms with Crippen LogP contribution in [0.4, 0.5) is 5.69 Å². The van der Waals surface area contributed by atoms with Crippen molar-refractivity contribution in [3.05, 3.63) is 104 Å². The number of fused-ring (bicyclic) bond motifs is 1. The summed E-state index contributed by atoms with van der Waals surface area (Å²) in [5.74, 6) is 0.686. The van der Waals surface area contributed by atoms with E-state index in [1.54, 1.807) is 19.3 Å². The van der Waals surface area contributed by atoms with Crippen molar-refractivity contribution >= 4 is 51.0 Å². The van der Waals surface area contributed by atoms with Gasteiger partial charge in [0.2, 0.25) is 0 Å². The molecule has 0 aliphatic rings. The van der Waals surface area contributed by atoms with Gasteiger partial charge in [0, 0.05) is 11.3 Å². The van der Waals surface area contributed by atoms with Gasteiger partial charge in [0.25, 0.3) is 5.91 Å². The predicted octanol–water partition coefficient (Wildman–Crippen LogP) is 7.50. The quantitative estimate of drug-likeness (QED) is 0.135. The molecule has 0 bridgehead atoms. The third-order valence-corrected chi connectivity index (χ3v) is 7.22. The topological polar surface area (TPSA) is 71.3 Å². The standard InChI is InChI=1S/C31H27IN2O3/c1-19-8-7-11-28(21(19)3)34-31(35)24(17-33)14-22-15-27(32)30(29(16-22)36-4)37-18-26-20(2)12-13-23-9-5-6-10-25(23)26/h5-16H,18H2,1-4H3,(H,34,35)/b24-14+. The summed E-state index contributed by atoms with van der Waals surface area (Å²) in [6.45, 7) is 6.38. The van der Waals surface area contributed by atoms with Crippen LogP contribution in [0.3, 0.4) is 0 Å². The second-order valence-corrected chi connectivity index (χ2v) is 9.94. The molecule has 186 valence electrons. The smallest absolute Gasteiger partial charge is 0.266 e. The highest BCUT2D eigenvalue weighted by Crippen LogP contribution is 2.36. The van der Waals surface area contributed by atoms with E-state index in [4.69, 9.17) is 9.47 Å². The lowest BCUT2D eigenvalue weighted by molar-refractivity contribution is -0.112. The summed E-state index contributed by atoms with van der Waals surface area (Å²) in [5, 5.41) is 14.9. The molecule has 6 heteroatoms. The molecule has 4 aromatic carbocycles. The monoisotopic (exact) mass is 602 g/mol. The van der Waals surface area contributed by atoms with Crippen molar-refractivity contribution in [1.29, 1.82) is 5.26 Å². The number of carbonyl (C=O) groups excluding carboxylic acids is 1. The molecule has 0 spiro atoms. The van der Waals surface area contributed by atoms with Crippen molar-refractivity contribution in [2.45, 2.75) is 27.4 Å². The Kier molecular flexibility index (Phi) is 8.14. The SMILES string of the molecule is COc1cc(/C=C(\C#N)C(=O)Nc2cccc(C)c2C)cc(I)c1OCc1c(C)ccc2ccccc12.